The summed E-state index contributed by atoms with van der Waals surface area (Å²) in [5.74, 6) is 0.635. The lowest BCUT2D eigenvalue weighted by atomic mass is 10.3. The summed E-state index contributed by atoms with van der Waals surface area (Å²) in [5, 5.41) is 18.5. The summed E-state index contributed by atoms with van der Waals surface area (Å²) < 4.78 is 1.22. The van der Waals surface area contributed by atoms with Crippen LogP contribution in [-0.4, -0.2) is 39.2 Å². The van der Waals surface area contributed by atoms with Crippen LogP contribution in [-0.2, 0) is 13.0 Å². The molecule has 4 heterocycles. The number of benzene rings is 1. The maximum absolute atomic E-state index is 8.75. The first-order chi connectivity index (χ1) is 17.2. The van der Waals surface area contributed by atoms with Crippen LogP contribution in [0.2, 0.25) is 0 Å². The lowest BCUT2D eigenvalue weighted by molar-refractivity contribution is 0.620. The van der Waals surface area contributed by atoms with Gasteiger partial charge in [0.1, 0.15) is 16.7 Å². The first kappa shape index (κ1) is 23.5. The fraction of sp³-hybridized carbons (Fsp3) is 0.273. The smallest absolute Gasteiger partial charge is 0.157 e. The number of thiazole rings is 1. The molecule has 0 amide bonds. The summed E-state index contributed by atoms with van der Waals surface area (Å²) >= 11 is 3.90. The summed E-state index contributed by atoms with van der Waals surface area (Å²) in [5.41, 5.74) is 12.9. The molecule has 0 aliphatic carbocycles. The lowest BCUT2D eigenvalue weighted by Gasteiger charge is -2.12. The minimum Gasteiger partial charge on any atom is -0.364 e. The highest BCUT2D eigenvalue weighted by atomic mass is 127. The molecule has 13 heteroatoms. The van der Waals surface area contributed by atoms with Crippen LogP contribution >= 0.6 is 33.9 Å². The summed E-state index contributed by atoms with van der Waals surface area (Å²) in [4.78, 5) is 21.5. The molecule has 5 rings (SSSR count). The van der Waals surface area contributed by atoms with Crippen LogP contribution in [0, 0.1) is 3.57 Å². The molecule has 1 aliphatic heterocycles. The molecule has 0 saturated heterocycles. The number of nitrogens with zero attached hydrogens (tertiary/aromatic N) is 7. The fourth-order valence-electron chi connectivity index (χ4n) is 3.79. The highest BCUT2D eigenvalue weighted by molar-refractivity contribution is 14.1. The van der Waals surface area contributed by atoms with Crippen LogP contribution < -0.4 is 21.3 Å². The van der Waals surface area contributed by atoms with Gasteiger partial charge in [0.15, 0.2) is 5.82 Å². The molecule has 0 radical (unpaired) electrons. The molecule has 1 atom stereocenters. The second-order valence-corrected chi connectivity index (χ2v) is 10.1. The van der Waals surface area contributed by atoms with Gasteiger partial charge in [-0.15, -0.1) is 0 Å². The maximum atomic E-state index is 8.75. The predicted molar refractivity (Wildman–Crippen MR) is 147 cm³/mol. The molecule has 1 aromatic carbocycles. The van der Waals surface area contributed by atoms with Crippen molar-refractivity contribution in [3.8, 4) is 0 Å². The molecular formula is C22H22IN11S. The van der Waals surface area contributed by atoms with E-state index in [1.807, 2.05) is 0 Å². The summed E-state index contributed by atoms with van der Waals surface area (Å²) in [6.45, 7) is 2.09. The van der Waals surface area contributed by atoms with Crippen molar-refractivity contribution in [3.63, 3.8) is 0 Å². The first-order valence-corrected chi connectivity index (χ1v) is 13.0. The summed E-state index contributed by atoms with van der Waals surface area (Å²) in [7, 11) is 0. The van der Waals surface area contributed by atoms with Gasteiger partial charge in [-0.1, -0.05) is 16.5 Å². The van der Waals surface area contributed by atoms with Crippen molar-refractivity contribution in [2.24, 2.45) is 5.11 Å². The minimum absolute atomic E-state index is 0.237. The summed E-state index contributed by atoms with van der Waals surface area (Å²) in [6.07, 6.45) is 5.20. The number of rotatable bonds is 10. The lowest BCUT2D eigenvalue weighted by Crippen LogP contribution is -2.28. The molecule has 178 valence electrons. The molecule has 4 N–H and O–H groups in total. The number of fused-ring (bicyclic) bond motifs is 2. The zero-order valence-electron chi connectivity index (χ0n) is 18.6. The van der Waals surface area contributed by atoms with E-state index in [1.165, 1.54) is 15.6 Å². The Balaban J connectivity index is 1.12. The van der Waals surface area contributed by atoms with Crippen LogP contribution in [0.3, 0.4) is 0 Å². The van der Waals surface area contributed by atoms with E-state index in [1.54, 1.807) is 29.7 Å². The van der Waals surface area contributed by atoms with Crippen molar-refractivity contribution in [3.05, 3.63) is 67.6 Å². The number of azide groups is 1. The van der Waals surface area contributed by atoms with Crippen molar-refractivity contribution < 1.29 is 0 Å². The normalized spacial score (nSPS) is 14.1. The quantitative estimate of drug-likeness (QED) is 0.0653. The number of halogens is 1. The third-order valence-electron chi connectivity index (χ3n) is 5.45. The van der Waals surface area contributed by atoms with Crippen LogP contribution in [0.4, 0.5) is 22.9 Å². The molecule has 3 aromatic heterocycles. The highest BCUT2D eigenvalue weighted by Gasteiger charge is 2.18. The van der Waals surface area contributed by atoms with E-state index in [-0.39, 0.29) is 6.17 Å². The molecule has 11 nitrogen and oxygen atoms in total. The van der Waals surface area contributed by atoms with E-state index >= 15 is 0 Å². The van der Waals surface area contributed by atoms with Crippen LogP contribution in [0.15, 0.2) is 48.0 Å². The Morgan fingerprint density at radius 2 is 2.06 bits per heavy atom. The molecule has 1 aliphatic rings. The van der Waals surface area contributed by atoms with Crippen LogP contribution in [0.1, 0.15) is 17.1 Å². The van der Waals surface area contributed by atoms with Gasteiger partial charge >= 0.3 is 0 Å². The van der Waals surface area contributed by atoms with Gasteiger partial charge < -0.3 is 21.3 Å². The topological polar surface area (TPSA) is 148 Å². The van der Waals surface area contributed by atoms with E-state index in [0.29, 0.717) is 23.7 Å². The van der Waals surface area contributed by atoms with Gasteiger partial charge in [-0.25, -0.2) is 15.0 Å². The Bertz CT molecular complexity index is 1390. The molecule has 0 spiro atoms. The monoisotopic (exact) mass is 599 g/mol. The Morgan fingerprint density at radius 1 is 1.14 bits per heavy atom. The molecule has 0 saturated carbocycles. The van der Waals surface area contributed by atoms with Gasteiger partial charge in [0.05, 0.1) is 40.5 Å². The minimum atomic E-state index is 0.237. The van der Waals surface area contributed by atoms with Gasteiger partial charge in [-0.2, -0.15) is 0 Å². The van der Waals surface area contributed by atoms with E-state index < -0.39 is 0 Å². The van der Waals surface area contributed by atoms with Gasteiger partial charge in [0, 0.05) is 27.6 Å². The van der Waals surface area contributed by atoms with Gasteiger partial charge in [-0.3, -0.25) is 4.98 Å². The highest BCUT2D eigenvalue weighted by Crippen LogP contribution is 2.31. The Labute approximate surface area is 219 Å². The number of hydrogen-bond acceptors (Lipinski definition) is 10. The van der Waals surface area contributed by atoms with Crippen LogP contribution in [0.5, 0.6) is 0 Å². The van der Waals surface area contributed by atoms with E-state index in [9.17, 15) is 0 Å². The van der Waals surface area contributed by atoms with Crippen molar-refractivity contribution in [1.29, 1.82) is 0 Å². The average Bonchev–Trinajstić information content (AvgIpc) is 3.46. The first-order valence-electron chi connectivity index (χ1n) is 11.1. The average molecular weight is 599 g/mol. The van der Waals surface area contributed by atoms with Crippen LogP contribution in [0.25, 0.3) is 20.8 Å². The Morgan fingerprint density at radius 3 is 2.97 bits per heavy atom. The SMILES string of the molecule is [N-]=[N+]=Nc1cccnc1CNc1ncnc2sc(CCNCCC3Nc4ccc(I)cc4N3)nc12. The third kappa shape index (κ3) is 5.70. The molecule has 1 unspecified atom stereocenters. The second kappa shape index (κ2) is 11.0. The summed E-state index contributed by atoms with van der Waals surface area (Å²) in [6, 6.07) is 9.84. The predicted octanol–water partition coefficient (Wildman–Crippen LogP) is 5.03. The van der Waals surface area contributed by atoms with E-state index in [2.05, 4.69) is 87.0 Å². The molecule has 0 fully saturated rings. The largest absolute Gasteiger partial charge is 0.364 e. The third-order valence-corrected chi connectivity index (χ3v) is 7.14. The second-order valence-electron chi connectivity index (χ2n) is 7.82. The van der Waals surface area contributed by atoms with Gasteiger partial charge in [0.2, 0.25) is 0 Å². The molecule has 4 aromatic rings. The standard InChI is InChI=1S/C22H22IN11S/c23-13-3-4-14-16(10-13)31-18(30-14)5-8-25-9-6-19-32-20-21(28-12-29-22(20)35-19)27-11-17-15(33-34-24)2-1-7-26-17/h1-4,7,10,12,18,25,30-31H,5-6,8-9,11H2,(H,27,28,29). The molecule has 35 heavy (non-hydrogen) atoms. The Kier molecular flexibility index (Phi) is 7.37. The van der Waals surface area contributed by atoms with Crippen molar-refractivity contribution in [2.45, 2.75) is 25.6 Å². The number of anilines is 3. The fourth-order valence-corrected chi connectivity index (χ4v) is 5.18. The van der Waals surface area contributed by atoms with Gasteiger partial charge in [-0.05, 0) is 71.4 Å². The van der Waals surface area contributed by atoms with E-state index in [4.69, 9.17) is 10.5 Å². The number of aromatic nitrogens is 4. The maximum Gasteiger partial charge on any atom is 0.157 e. The van der Waals surface area contributed by atoms with Crippen molar-refractivity contribution in [2.75, 3.05) is 29.0 Å². The molecular weight excluding hydrogens is 577 g/mol. The zero-order chi connectivity index (χ0) is 24.0. The van der Waals surface area contributed by atoms with Crippen molar-refractivity contribution >= 4 is 67.2 Å². The number of hydrogen-bond donors (Lipinski definition) is 4. The molecule has 0 bridgehead atoms. The van der Waals surface area contributed by atoms with Crippen molar-refractivity contribution in [1.82, 2.24) is 25.3 Å². The zero-order valence-corrected chi connectivity index (χ0v) is 21.5. The Hall–Kier alpha value is -3.26. The number of nitrogens with one attached hydrogen (secondary N) is 4. The number of pyridine rings is 1. The van der Waals surface area contributed by atoms with E-state index in [0.717, 1.165) is 47.0 Å². The van der Waals surface area contributed by atoms with Gasteiger partial charge in [0.25, 0.3) is 0 Å².